The summed E-state index contributed by atoms with van der Waals surface area (Å²) in [4.78, 5) is 8.79. The molecule has 0 bridgehead atoms. The molecule has 0 aliphatic heterocycles. The molecule has 2 heterocycles. The van der Waals surface area contributed by atoms with E-state index in [1.165, 1.54) is 5.56 Å². The number of hydrogen-bond acceptors (Lipinski definition) is 3. The normalized spacial score (nSPS) is 12.4. The highest BCUT2D eigenvalue weighted by molar-refractivity contribution is 5.31. The molecule has 88 valence electrons. The van der Waals surface area contributed by atoms with Gasteiger partial charge in [0.15, 0.2) is 0 Å². The first kappa shape index (κ1) is 11.7. The second-order valence-corrected chi connectivity index (χ2v) is 4.16. The molecule has 0 saturated carbocycles. The Morgan fingerprint density at radius 3 is 2.53 bits per heavy atom. The first-order chi connectivity index (χ1) is 8.22. The molecule has 2 aromatic rings. The van der Waals surface area contributed by atoms with Crippen molar-refractivity contribution in [2.45, 2.75) is 19.9 Å². The largest absolute Gasteiger partial charge is 0.308 e. The summed E-state index contributed by atoms with van der Waals surface area (Å²) >= 11 is 0. The number of hydrogen-bond donors (Lipinski definition) is 1. The van der Waals surface area contributed by atoms with Crippen molar-refractivity contribution in [2.75, 3.05) is 7.05 Å². The van der Waals surface area contributed by atoms with E-state index in [2.05, 4.69) is 34.3 Å². The molecule has 2 rings (SSSR count). The molecule has 3 heteroatoms. The summed E-state index contributed by atoms with van der Waals surface area (Å²) in [6.07, 6.45) is 3.74. The molecule has 0 aliphatic rings. The van der Waals surface area contributed by atoms with Gasteiger partial charge in [0.1, 0.15) is 0 Å². The first-order valence-electron chi connectivity index (χ1n) is 5.73. The van der Waals surface area contributed by atoms with E-state index in [9.17, 15) is 0 Å². The highest BCUT2D eigenvalue weighted by Gasteiger charge is 2.15. The zero-order valence-electron chi connectivity index (χ0n) is 10.4. The lowest BCUT2D eigenvalue weighted by Gasteiger charge is -2.17. The molecule has 17 heavy (non-hydrogen) atoms. The van der Waals surface area contributed by atoms with Crippen LogP contribution in [0.25, 0.3) is 0 Å². The number of rotatable bonds is 3. The van der Waals surface area contributed by atoms with Gasteiger partial charge in [-0.1, -0.05) is 12.1 Å². The molecule has 0 saturated heterocycles. The number of nitrogens with zero attached hydrogens (tertiary/aromatic N) is 2. The van der Waals surface area contributed by atoms with E-state index < -0.39 is 0 Å². The standard InChI is InChI=1S/C14H17N3/c1-10-5-4-8-16-13(10)14(15-3)12-7-6-11(2)17-9-12/h4-9,14-15H,1-3H3. The minimum Gasteiger partial charge on any atom is -0.308 e. The number of pyridine rings is 2. The Morgan fingerprint density at radius 1 is 1.12 bits per heavy atom. The van der Waals surface area contributed by atoms with Gasteiger partial charge in [-0.15, -0.1) is 0 Å². The predicted molar refractivity (Wildman–Crippen MR) is 68.9 cm³/mol. The summed E-state index contributed by atoms with van der Waals surface area (Å²) in [5.41, 5.74) is 4.41. The lowest BCUT2D eigenvalue weighted by atomic mass is 10.0. The van der Waals surface area contributed by atoms with Crippen molar-refractivity contribution >= 4 is 0 Å². The van der Waals surface area contributed by atoms with E-state index in [4.69, 9.17) is 0 Å². The Labute approximate surface area is 102 Å². The maximum absolute atomic E-state index is 4.46. The van der Waals surface area contributed by atoms with Gasteiger partial charge < -0.3 is 5.32 Å². The van der Waals surface area contributed by atoms with Crippen LogP contribution >= 0.6 is 0 Å². The van der Waals surface area contributed by atoms with Crippen molar-refractivity contribution in [1.29, 1.82) is 0 Å². The number of nitrogens with one attached hydrogen (secondary N) is 1. The third kappa shape index (κ3) is 2.50. The smallest absolute Gasteiger partial charge is 0.0766 e. The first-order valence-corrected chi connectivity index (χ1v) is 5.73. The van der Waals surface area contributed by atoms with Gasteiger partial charge >= 0.3 is 0 Å². The lowest BCUT2D eigenvalue weighted by molar-refractivity contribution is 0.663. The summed E-state index contributed by atoms with van der Waals surface area (Å²) in [5.74, 6) is 0. The SMILES string of the molecule is CNC(c1ccc(C)nc1)c1ncccc1C. The fourth-order valence-electron chi connectivity index (χ4n) is 1.91. The third-order valence-electron chi connectivity index (χ3n) is 2.88. The molecule has 0 amide bonds. The van der Waals surface area contributed by atoms with Crippen LogP contribution in [0.5, 0.6) is 0 Å². The molecule has 0 spiro atoms. The van der Waals surface area contributed by atoms with Crippen molar-refractivity contribution in [3.63, 3.8) is 0 Å². The summed E-state index contributed by atoms with van der Waals surface area (Å²) in [7, 11) is 1.94. The average molecular weight is 227 g/mol. The monoisotopic (exact) mass is 227 g/mol. The second kappa shape index (κ2) is 5.06. The summed E-state index contributed by atoms with van der Waals surface area (Å²) in [6.45, 7) is 4.07. The van der Waals surface area contributed by atoms with E-state index in [-0.39, 0.29) is 6.04 Å². The van der Waals surface area contributed by atoms with Crippen molar-refractivity contribution in [1.82, 2.24) is 15.3 Å². The fourth-order valence-corrected chi connectivity index (χ4v) is 1.91. The van der Waals surface area contributed by atoms with Gasteiger partial charge in [-0.25, -0.2) is 0 Å². The van der Waals surface area contributed by atoms with Gasteiger partial charge in [0.2, 0.25) is 0 Å². The Kier molecular flexibility index (Phi) is 3.49. The molecule has 1 unspecified atom stereocenters. The van der Waals surface area contributed by atoms with Gasteiger partial charge in [-0.3, -0.25) is 9.97 Å². The molecule has 0 radical (unpaired) electrons. The van der Waals surface area contributed by atoms with Crippen LogP contribution in [0.1, 0.15) is 28.6 Å². The van der Waals surface area contributed by atoms with E-state index >= 15 is 0 Å². The maximum Gasteiger partial charge on any atom is 0.0766 e. The molecule has 3 nitrogen and oxygen atoms in total. The van der Waals surface area contributed by atoms with Gasteiger partial charge in [0.25, 0.3) is 0 Å². The lowest BCUT2D eigenvalue weighted by Crippen LogP contribution is -2.20. The maximum atomic E-state index is 4.46. The Bertz CT molecular complexity index is 491. The van der Waals surface area contributed by atoms with E-state index in [0.29, 0.717) is 0 Å². The van der Waals surface area contributed by atoms with Crippen LogP contribution in [0, 0.1) is 13.8 Å². The Hall–Kier alpha value is -1.74. The average Bonchev–Trinajstić information content (AvgIpc) is 2.35. The molecule has 0 aliphatic carbocycles. The molecule has 0 fully saturated rings. The number of aryl methyl sites for hydroxylation is 2. The van der Waals surface area contributed by atoms with Crippen molar-refractivity contribution in [2.24, 2.45) is 0 Å². The summed E-state index contributed by atoms with van der Waals surface area (Å²) < 4.78 is 0. The van der Waals surface area contributed by atoms with Crippen molar-refractivity contribution < 1.29 is 0 Å². The highest BCUT2D eigenvalue weighted by atomic mass is 14.9. The third-order valence-corrected chi connectivity index (χ3v) is 2.88. The van der Waals surface area contributed by atoms with Crippen LogP contribution in [0.2, 0.25) is 0 Å². The molecule has 1 atom stereocenters. The van der Waals surface area contributed by atoms with Crippen molar-refractivity contribution in [3.05, 3.63) is 59.2 Å². The molecular weight excluding hydrogens is 210 g/mol. The van der Waals surface area contributed by atoms with Crippen LogP contribution in [0.15, 0.2) is 36.7 Å². The van der Waals surface area contributed by atoms with Gasteiger partial charge in [-0.05, 0) is 44.2 Å². The summed E-state index contributed by atoms with van der Waals surface area (Å²) in [5, 5.41) is 3.29. The second-order valence-electron chi connectivity index (χ2n) is 4.16. The Morgan fingerprint density at radius 2 is 1.94 bits per heavy atom. The van der Waals surface area contributed by atoms with E-state index in [0.717, 1.165) is 17.0 Å². The molecule has 0 aromatic carbocycles. The Balaban J connectivity index is 2.40. The van der Waals surface area contributed by atoms with Crippen LogP contribution in [0.3, 0.4) is 0 Å². The van der Waals surface area contributed by atoms with Gasteiger partial charge in [0.05, 0.1) is 11.7 Å². The van der Waals surface area contributed by atoms with Crippen LogP contribution in [-0.4, -0.2) is 17.0 Å². The van der Waals surface area contributed by atoms with Crippen molar-refractivity contribution in [3.8, 4) is 0 Å². The number of aromatic nitrogens is 2. The molecule has 1 N–H and O–H groups in total. The quantitative estimate of drug-likeness (QED) is 0.875. The minimum absolute atomic E-state index is 0.101. The van der Waals surface area contributed by atoms with Crippen LogP contribution in [-0.2, 0) is 0 Å². The predicted octanol–water partition coefficient (Wildman–Crippen LogP) is 2.40. The topological polar surface area (TPSA) is 37.8 Å². The molecular formula is C14H17N3. The summed E-state index contributed by atoms with van der Waals surface area (Å²) in [6, 6.07) is 8.26. The van der Waals surface area contributed by atoms with E-state index in [1.807, 2.05) is 38.5 Å². The minimum atomic E-state index is 0.101. The zero-order valence-corrected chi connectivity index (χ0v) is 10.4. The van der Waals surface area contributed by atoms with E-state index in [1.54, 1.807) is 0 Å². The van der Waals surface area contributed by atoms with Crippen LogP contribution < -0.4 is 5.32 Å². The molecule has 2 aromatic heterocycles. The van der Waals surface area contributed by atoms with Gasteiger partial charge in [-0.2, -0.15) is 0 Å². The fraction of sp³-hybridized carbons (Fsp3) is 0.286. The highest BCUT2D eigenvalue weighted by Crippen LogP contribution is 2.21. The van der Waals surface area contributed by atoms with Gasteiger partial charge in [0, 0.05) is 18.1 Å². The zero-order chi connectivity index (χ0) is 12.3. The van der Waals surface area contributed by atoms with Crippen LogP contribution in [0.4, 0.5) is 0 Å².